The highest BCUT2D eigenvalue weighted by molar-refractivity contribution is 4.85. The van der Waals surface area contributed by atoms with Gasteiger partial charge in [0.05, 0.1) is 0 Å². The van der Waals surface area contributed by atoms with Gasteiger partial charge in [0.1, 0.15) is 0 Å². The average Bonchev–Trinajstić information content (AvgIpc) is 2.61. The maximum Gasteiger partial charge on any atom is 0.00985 e. The van der Waals surface area contributed by atoms with Gasteiger partial charge >= 0.3 is 0 Å². The van der Waals surface area contributed by atoms with Crippen LogP contribution in [-0.2, 0) is 0 Å². The maximum absolute atomic E-state index is 5.76. The van der Waals surface area contributed by atoms with Crippen LogP contribution in [0, 0.1) is 11.8 Å². The van der Waals surface area contributed by atoms with Crippen molar-refractivity contribution < 1.29 is 0 Å². The van der Waals surface area contributed by atoms with Crippen LogP contribution in [-0.4, -0.2) is 31.1 Å². The molecule has 0 spiro atoms. The van der Waals surface area contributed by atoms with Crippen molar-refractivity contribution in [2.24, 2.45) is 17.6 Å². The standard InChI is InChI=1S/C13H26N2/c1-15-10-12(9-14)8-13(15)7-11-5-3-2-4-6-11/h11-13H,2-10,14H2,1H3. The molecule has 1 aliphatic heterocycles. The van der Waals surface area contributed by atoms with Crippen LogP contribution in [0.4, 0.5) is 0 Å². The van der Waals surface area contributed by atoms with E-state index in [1.165, 1.54) is 51.5 Å². The van der Waals surface area contributed by atoms with Crippen LogP contribution < -0.4 is 5.73 Å². The first-order valence-corrected chi connectivity index (χ1v) is 6.70. The third-order valence-corrected chi connectivity index (χ3v) is 4.44. The first-order chi connectivity index (χ1) is 7.29. The van der Waals surface area contributed by atoms with E-state index in [1.807, 2.05) is 0 Å². The molecule has 0 amide bonds. The molecule has 1 aliphatic carbocycles. The monoisotopic (exact) mass is 210 g/mol. The Morgan fingerprint density at radius 3 is 2.47 bits per heavy atom. The molecule has 2 fully saturated rings. The smallest absolute Gasteiger partial charge is 0.00985 e. The molecule has 2 nitrogen and oxygen atoms in total. The second-order valence-electron chi connectivity index (χ2n) is 5.67. The minimum atomic E-state index is 0.767. The highest BCUT2D eigenvalue weighted by Crippen LogP contribution is 2.32. The number of likely N-dealkylation sites (tertiary alicyclic amines) is 1. The second kappa shape index (κ2) is 5.31. The van der Waals surface area contributed by atoms with E-state index in [-0.39, 0.29) is 0 Å². The van der Waals surface area contributed by atoms with Crippen molar-refractivity contribution >= 4 is 0 Å². The van der Waals surface area contributed by atoms with Crippen LogP contribution in [0.25, 0.3) is 0 Å². The van der Waals surface area contributed by atoms with E-state index in [1.54, 1.807) is 0 Å². The lowest BCUT2D eigenvalue weighted by Crippen LogP contribution is -2.28. The quantitative estimate of drug-likeness (QED) is 0.774. The van der Waals surface area contributed by atoms with Gasteiger partial charge in [0.2, 0.25) is 0 Å². The molecular weight excluding hydrogens is 184 g/mol. The Hall–Kier alpha value is -0.0800. The number of nitrogens with two attached hydrogens (primary N) is 1. The van der Waals surface area contributed by atoms with E-state index in [2.05, 4.69) is 11.9 Å². The van der Waals surface area contributed by atoms with Gasteiger partial charge in [-0.25, -0.2) is 0 Å². The first-order valence-electron chi connectivity index (χ1n) is 6.70. The summed E-state index contributed by atoms with van der Waals surface area (Å²) in [6.45, 7) is 2.11. The fourth-order valence-corrected chi connectivity index (χ4v) is 3.45. The number of nitrogens with zero attached hydrogens (tertiary/aromatic N) is 1. The largest absolute Gasteiger partial charge is 0.330 e. The van der Waals surface area contributed by atoms with Crippen LogP contribution >= 0.6 is 0 Å². The molecule has 88 valence electrons. The van der Waals surface area contributed by atoms with Gasteiger partial charge in [0.15, 0.2) is 0 Å². The third kappa shape index (κ3) is 2.94. The third-order valence-electron chi connectivity index (χ3n) is 4.44. The summed E-state index contributed by atoms with van der Waals surface area (Å²) in [5.74, 6) is 1.78. The van der Waals surface area contributed by atoms with E-state index >= 15 is 0 Å². The van der Waals surface area contributed by atoms with Crippen molar-refractivity contribution in [2.45, 2.75) is 51.0 Å². The van der Waals surface area contributed by atoms with Crippen LogP contribution in [0.3, 0.4) is 0 Å². The van der Waals surface area contributed by atoms with Gasteiger partial charge in [-0.05, 0) is 38.3 Å². The number of hydrogen-bond donors (Lipinski definition) is 1. The summed E-state index contributed by atoms with van der Waals surface area (Å²) in [5.41, 5.74) is 5.76. The summed E-state index contributed by atoms with van der Waals surface area (Å²) in [4.78, 5) is 2.55. The molecule has 0 bridgehead atoms. The maximum atomic E-state index is 5.76. The first kappa shape index (κ1) is 11.4. The predicted octanol–water partition coefficient (Wildman–Crippen LogP) is 2.24. The molecule has 1 saturated carbocycles. The Morgan fingerprint density at radius 2 is 1.87 bits per heavy atom. The SMILES string of the molecule is CN1CC(CN)CC1CC1CCCCC1. The summed E-state index contributed by atoms with van der Waals surface area (Å²) in [6.07, 6.45) is 10.2. The summed E-state index contributed by atoms with van der Waals surface area (Å²) < 4.78 is 0. The molecule has 1 saturated heterocycles. The lowest BCUT2D eigenvalue weighted by molar-refractivity contribution is 0.229. The molecule has 2 rings (SSSR count). The molecule has 2 aliphatic rings. The fraction of sp³-hybridized carbons (Fsp3) is 1.00. The zero-order valence-corrected chi connectivity index (χ0v) is 10.1. The van der Waals surface area contributed by atoms with Gasteiger partial charge in [0, 0.05) is 12.6 Å². The van der Waals surface area contributed by atoms with Crippen molar-refractivity contribution in [3.8, 4) is 0 Å². The van der Waals surface area contributed by atoms with Crippen LogP contribution in [0.15, 0.2) is 0 Å². The number of rotatable bonds is 3. The van der Waals surface area contributed by atoms with Crippen LogP contribution in [0.1, 0.15) is 44.9 Å². The highest BCUT2D eigenvalue weighted by Gasteiger charge is 2.30. The normalized spacial score (nSPS) is 34.8. The van der Waals surface area contributed by atoms with Gasteiger partial charge < -0.3 is 10.6 Å². The van der Waals surface area contributed by atoms with Gasteiger partial charge in [-0.2, -0.15) is 0 Å². The van der Waals surface area contributed by atoms with Crippen LogP contribution in [0.2, 0.25) is 0 Å². The molecule has 0 aromatic rings. The van der Waals surface area contributed by atoms with Gasteiger partial charge in [-0.3, -0.25) is 0 Å². The summed E-state index contributed by atoms with van der Waals surface area (Å²) >= 11 is 0. The Morgan fingerprint density at radius 1 is 1.13 bits per heavy atom. The fourth-order valence-electron chi connectivity index (χ4n) is 3.45. The molecule has 2 heteroatoms. The van der Waals surface area contributed by atoms with Crippen molar-refractivity contribution in [2.75, 3.05) is 20.1 Å². The molecule has 1 heterocycles. The molecule has 2 unspecified atom stereocenters. The Balaban J connectivity index is 1.78. The molecule has 2 N–H and O–H groups in total. The zero-order valence-electron chi connectivity index (χ0n) is 10.1. The minimum absolute atomic E-state index is 0.767. The number of hydrogen-bond acceptors (Lipinski definition) is 2. The molecule has 0 aromatic carbocycles. The Labute approximate surface area is 94.2 Å². The van der Waals surface area contributed by atoms with Crippen molar-refractivity contribution in [3.05, 3.63) is 0 Å². The van der Waals surface area contributed by atoms with E-state index in [0.29, 0.717) is 0 Å². The average molecular weight is 210 g/mol. The lowest BCUT2D eigenvalue weighted by atomic mass is 9.84. The van der Waals surface area contributed by atoms with Crippen molar-refractivity contribution in [1.29, 1.82) is 0 Å². The molecule has 0 aromatic heterocycles. The van der Waals surface area contributed by atoms with Gasteiger partial charge in [0.25, 0.3) is 0 Å². The second-order valence-corrected chi connectivity index (χ2v) is 5.67. The molecule has 2 atom stereocenters. The van der Waals surface area contributed by atoms with E-state index in [9.17, 15) is 0 Å². The highest BCUT2D eigenvalue weighted by atomic mass is 15.2. The summed E-state index contributed by atoms with van der Waals surface area (Å²) in [7, 11) is 2.28. The molecule has 0 radical (unpaired) electrons. The van der Waals surface area contributed by atoms with E-state index < -0.39 is 0 Å². The van der Waals surface area contributed by atoms with E-state index in [0.717, 1.165) is 24.4 Å². The van der Waals surface area contributed by atoms with Gasteiger partial charge in [-0.15, -0.1) is 0 Å². The lowest BCUT2D eigenvalue weighted by Gasteiger charge is -2.27. The van der Waals surface area contributed by atoms with Gasteiger partial charge in [-0.1, -0.05) is 32.1 Å². The zero-order chi connectivity index (χ0) is 10.7. The summed E-state index contributed by atoms with van der Waals surface area (Å²) in [5, 5.41) is 0. The predicted molar refractivity (Wildman–Crippen MR) is 64.8 cm³/mol. The van der Waals surface area contributed by atoms with Crippen molar-refractivity contribution in [3.63, 3.8) is 0 Å². The molecular formula is C13H26N2. The Kier molecular flexibility index (Phi) is 4.04. The van der Waals surface area contributed by atoms with Crippen LogP contribution in [0.5, 0.6) is 0 Å². The van der Waals surface area contributed by atoms with E-state index in [4.69, 9.17) is 5.73 Å². The topological polar surface area (TPSA) is 29.3 Å². The summed E-state index contributed by atoms with van der Waals surface area (Å²) in [6, 6.07) is 0.835. The Bertz CT molecular complexity index is 187. The minimum Gasteiger partial charge on any atom is -0.330 e. The van der Waals surface area contributed by atoms with Crippen molar-refractivity contribution in [1.82, 2.24) is 4.90 Å². The molecule has 15 heavy (non-hydrogen) atoms.